The van der Waals surface area contributed by atoms with Crippen LogP contribution in [0, 0.1) is 14.0 Å². The maximum Gasteiger partial charge on any atom is 0 e. The first-order valence-corrected chi connectivity index (χ1v) is 1.21. The molecule has 0 amide bonds. The van der Waals surface area contributed by atoms with Crippen molar-refractivity contribution in [3.63, 3.8) is 0 Å². The van der Waals surface area contributed by atoms with Crippen LogP contribution in [0.1, 0.15) is 0 Å². The minimum absolute atomic E-state index is 0. The number of hydrogen-bond acceptors (Lipinski definition) is 1. The second kappa shape index (κ2) is 8.91. The van der Waals surface area contributed by atoms with Gasteiger partial charge >= 0.3 is 0 Å². The van der Waals surface area contributed by atoms with E-state index in [1.165, 1.54) is 0 Å². The van der Waals surface area contributed by atoms with Crippen molar-refractivity contribution in [2.24, 2.45) is 0 Å². The van der Waals surface area contributed by atoms with Crippen LogP contribution in [0.15, 0.2) is 0 Å². The van der Waals surface area contributed by atoms with E-state index in [1.54, 1.807) is 0 Å². The number of rotatable bonds is 1. The molecule has 0 saturated heterocycles. The van der Waals surface area contributed by atoms with Crippen molar-refractivity contribution in [1.29, 1.82) is 0 Å². The van der Waals surface area contributed by atoms with Crippen LogP contribution in [-0.2, 0) is 32.7 Å². The van der Waals surface area contributed by atoms with Crippen molar-refractivity contribution in [2.45, 2.75) is 0 Å². The number of hydrogen-bond donors (Lipinski definition) is 1. The van der Waals surface area contributed by atoms with Crippen molar-refractivity contribution in [1.82, 2.24) is 5.32 Å². The van der Waals surface area contributed by atoms with Gasteiger partial charge < -0.3 is 12.2 Å². The molecule has 0 atom stereocenters. The quantitative estimate of drug-likeness (QED) is 0.521. The van der Waals surface area contributed by atoms with Gasteiger partial charge in [0.2, 0.25) is 0 Å². The molecule has 0 aliphatic rings. The van der Waals surface area contributed by atoms with Gasteiger partial charge in [0, 0.05) is 32.7 Å². The molecule has 1 radical (unpaired) electrons. The van der Waals surface area contributed by atoms with Gasteiger partial charge in [0.25, 0.3) is 0 Å². The topological polar surface area (TPSA) is 12.0 Å². The average Bonchev–Trinajstić information content (AvgIpc) is 1.37. The molecule has 0 bridgehead atoms. The monoisotopic (exact) mass is 146 g/mol. The summed E-state index contributed by atoms with van der Waals surface area (Å²) in [5, 5.41) is 2.57. The Hall–Kier alpha value is 1.06. The summed E-state index contributed by atoms with van der Waals surface area (Å²) in [5.74, 6) is 0. The SMILES string of the molecule is [CH2-]CN[CH2-].[Y]. The normalized spacial score (nSPS) is 6.00. The van der Waals surface area contributed by atoms with Crippen LogP contribution in [-0.4, -0.2) is 6.54 Å². The third-order valence-corrected chi connectivity index (χ3v) is 0.177. The molecule has 0 aromatic rings. The van der Waals surface area contributed by atoms with Crippen LogP contribution in [0.4, 0.5) is 0 Å². The Balaban J connectivity index is 0. The molecular formula is C3H7NY-2. The fourth-order valence-corrected chi connectivity index (χ4v) is 0. The van der Waals surface area contributed by atoms with Crippen LogP contribution in [0.3, 0.4) is 0 Å². The zero-order valence-corrected chi connectivity index (χ0v) is 6.04. The summed E-state index contributed by atoms with van der Waals surface area (Å²) in [6.07, 6.45) is 0. The van der Waals surface area contributed by atoms with Gasteiger partial charge in [-0.1, -0.05) is 0 Å². The van der Waals surface area contributed by atoms with Crippen LogP contribution in [0.25, 0.3) is 0 Å². The maximum atomic E-state index is 3.43. The summed E-state index contributed by atoms with van der Waals surface area (Å²) in [6.45, 7) is 4.14. The molecular weight excluding hydrogens is 139 g/mol. The molecule has 1 N–H and O–H groups in total. The zero-order chi connectivity index (χ0) is 3.41. The van der Waals surface area contributed by atoms with Crippen LogP contribution in [0.5, 0.6) is 0 Å². The van der Waals surface area contributed by atoms with Crippen LogP contribution in [0.2, 0.25) is 0 Å². The molecule has 29 valence electrons. The van der Waals surface area contributed by atoms with E-state index < -0.39 is 0 Å². The zero-order valence-electron chi connectivity index (χ0n) is 3.20. The van der Waals surface area contributed by atoms with E-state index in [-0.39, 0.29) is 32.7 Å². The summed E-state index contributed by atoms with van der Waals surface area (Å²) < 4.78 is 0. The fraction of sp³-hybridized carbons (Fsp3) is 0.333. The third kappa shape index (κ3) is 11.2. The van der Waals surface area contributed by atoms with Gasteiger partial charge in [0.15, 0.2) is 0 Å². The van der Waals surface area contributed by atoms with Gasteiger partial charge in [-0.05, 0) is 0 Å². The van der Waals surface area contributed by atoms with Crippen LogP contribution >= 0.6 is 0 Å². The number of nitrogens with one attached hydrogen (secondary N) is 1. The molecule has 0 aromatic heterocycles. The molecule has 0 unspecified atom stereocenters. The second-order valence-electron chi connectivity index (χ2n) is 0.500. The Morgan fingerprint density at radius 3 is 1.80 bits per heavy atom. The molecule has 0 aliphatic carbocycles. The van der Waals surface area contributed by atoms with Crippen molar-refractivity contribution >= 4 is 0 Å². The van der Waals surface area contributed by atoms with Gasteiger partial charge in [0.05, 0.1) is 0 Å². The van der Waals surface area contributed by atoms with Gasteiger partial charge in [-0.15, -0.1) is 0 Å². The van der Waals surface area contributed by atoms with Crippen LogP contribution < -0.4 is 5.32 Å². The molecule has 0 saturated carbocycles. The second-order valence-corrected chi connectivity index (χ2v) is 0.500. The van der Waals surface area contributed by atoms with Gasteiger partial charge in [-0.25, -0.2) is 0 Å². The van der Waals surface area contributed by atoms with E-state index >= 15 is 0 Å². The van der Waals surface area contributed by atoms with E-state index in [1.807, 2.05) is 0 Å². The summed E-state index contributed by atoms with van der Waals surface area (Å²) in [7, 11) is 3.29. The third-order valence-electron chi connectivity index (χ3n) is 0.177. The summed E-state index contributed by atoms with van der Waals surface area (Å²) in [6, 6.07) is 0. The minimum atomic E-state index is 0. The fourth-order valence-electron chi connectivity index (χ4n) is 0. The van der Waals surface area contributed by atoms with Gasteiger partial charge in [0.1, 0.15) is 0 Å². The minimum Gasteiger partial charge on any atom is -0.498 e. The van der Waals surface area contributed by atoms with Crippen molar-refractivity contribution < 1.29 is 32.7 Å². The Bertz CT molecular complexity index is 8.85. The Morgan fingerprint density at radius 2 is 1.80 bits per heavy atom. The molecule has 0 aromatic carbocycles. The van der Waals surface area contributed by atoms with E-state index in [9.17, 15) is 0 Å². The smallest absolute Gasteiger partial charge is 0 e. The summed E-state index contributed by atoms with van der Waals surface area (Å²) >= 11 is 0. The molecule has 5 heavy (non-hydrogen) atoms. The molecule has 0 spiro atoms. The van der Waals surface area contributed by atoms with Crippen molar-refractivity contribution in [3.05, 3.63) is 14.0 Å². The van der Waals surface area contributed by atoms with Gasteiger partial charge in [-0.2, -0.15) is 6.54 Å². The molecule has 2 heteroatoms. The summed E-state index contributed by atoms with van der Waals surface area (Å²) in [5.41, 5.74) is 0. The molecule has 1 nitrogen and oxygen atoms in total. The van der Waals surface area contributed by atoms with Gasteiger partial charge in [-0.3, -0.25) is 7.05 Å². The molecule has 0 aliphatic heterocycles. The summed E-state index contributed by atoms with van der Waals surface area (Å²) in [4.78, 5) is 0. The molecule has 0 fully saturated rings. The van der Waals surface area contributed by atoms with E-state index in [0.717, 1.165) is 0 Å². The Labute approximate surface area is 58.4 Å². The average molecular weight is 146 g/mol. The van der Waals surface area contributed by atoms with E-state index in [0.29, 0.717) is 6.54 Å². The van der Waals surface area contributed by atoms with E-state index in [2.05, 4.69) is 19.3 Å². The molecule has 0 rings (SSSR count). The largest absolute Gasteiger partial charge is 0.498 e. The van der Waals surface area contributed by atoms with Crippen molar-refractivity contribution in [3.8, 4) is 0 Å². The maximum absolute atomic E-state index is 3.43. The predicted molar refractivity (Wildman–Crippen MR) is 18.7 cm³/mol. The predicted octanol–water partition coefficient (Wildman–Crippen LogP) is 0.199. The standard InChI is InChI=1S/C3H7N.Y/c1-3-4-2;/h4H,1-3H2;/q-2;. The first-order valence-electron chi connectivity index (χ1n) is 1.21. The Morgan fingerprint density at radius 1 is 1.60 bits per heavy atom. The molecule has 0 heterocycles. The first-order chi connectivity index (χ1) is 1.91. The first kappa shape index (κ1) is 9.42. The Kier molecular flexibility index (Phi) is 16.8. The van der Waals surface area contributed by atoms with E-state index in [4.69, 9.17) is 0 Å². The van der Waals surface area contributed by atoms with Crippen molar-refractivity contribution in [2.75, 3.05) is 6.54 Å².